The van der Waals surface area contributed by atoms with E-state index < -0.39 is 6.36 Å². The molecule has 0 saturated heterocycles. The van der Waals surface area contributed by atoms with E-state index >= 15 is 0 Å². The second kappa shape index (κ2) is 5.37. The summed E-state index contributed by atoms with van der Waals surface area (Å²) in [5.74, 6) is 0.453. The first kappa shape index (κ1) is 10.7. The number of carbonyl (C=O) groups is 1. The molecule has 1 aromatic rings. The van der Waals surface area contributed by atoms with E-state index in [-0.39, 0.29) is 6.42 Å². The predicted molar refractivity (Wildman–Crippen MR) is 52.0 cm³/mol. The average Bonchev–Trinajstić information content (AvgIpc) is 2.21. The second-order valence-electron chi connectivity index (χ2n) is 2.91. The molecule has 14 heavy (non-hydrogen) atoms. The van der Waals surface area contributed by atoms with Crippen LogP contribution >= 0.6 is 0 Å². The Hall–Kier alpha value is -1.38. The molecule has 0 bridgehead atoms. The number of ether oxygens (including phenoxy) is 1. The molecule has 0 saturated carbocycles. The zero-order valence-corrected chi connectivity index (χ0v) is 8.07. The van der Waals surface area contributed by atoms with Gasteiger partial charge in [-0.25, -0.2) is 4.39 Å². The molecule has 2 nitrogen and oxygen atoms in total. The molecule has 3 heteroatoms. The molecule has 0 N–H and O–H groups in total. The summed E-state index contributed by atoms with van der Waals surface area (Å²) in [6.07, 6.45) is 0.0338. The molecule has 1 aromatic carbocycles. The molecule has 1 unspecified atom stereocenters. The summed E-state index contributed by atoms with van der Waals surface area (Å²) in [5.41, 5.74) is 0.721. The van der Waals surface area contributed by atoms with Gasteiger partial charge in [0.05, 0.1) is 0 Å². The van der Waals surface area contributed by atoms with Crippen LogP contribution in [-0.2, 0) is 11.2 Å². The van der Waals surface area contributed by atoms with Gasteiger partial charge in [-0.15, -0.1) is 0 Å². The molecule has 0 spiro atoms. The van der Waals surface area contributed by atoms with Crippen LogP contribution in [0, 0.1) is 0 Å². The summed E-state index contributed by atoms with van der Waals surface area (Å²) in [7, 11) is 0. The average molecular weight is 196 g/mol. The van der Waals surface area contributed by atoms with E-state index in [4.69, 9.17) is 4.74 Å². The van der Waals surface area contributed by atoms with E-state index in [1.165, 1.54) is 0 Å². The van der Waals surface area contributed by atoms with E-state index in [1.54, 1.807) is 31.2 Å². The van der Waals surface area contributed by atoms with Crippen LogP contribution in [-0.4, -0.2) is 12.6 Å². The summed E-state index contributed by atoms with van der Waals surface area (Å²) in [6.45, 7) is 1.70. The molecule has 0 heterocycles. The van der Waals surface area contributed by atoms with Crippen LogP contribution in [0.5, 0.6) is 5.75 Å². The number of hydrogen-bond acceptors (Lipinski definition) is 2. The van der Waals surface area contributed by atoms with E-state index in [0.29, 0.717) is 12.2 Å². The smallest absolute Gasteiger partial charge is 0.238 e. The van der Waals surface area contributed by atoms with Gasteiger partial charge in [0, 0.05) is 18.4 Å². The highest BCUT2D eigenvalue weighted by molar-refractivity contribution is 5.57. The van der Waals surface area contributed by atoms with Gasteiger partial charge in [0.1, 0.15) is 12.0 Å². The third-order valence-corrected chi connectivity index (χ3v) is 1.85. The van der Waals surface area contributed by atoms with Crippen molar-refractivity contribution in [3.63, 3.8) is 0 Å². The Morgan fingerprint density at radius 2 is 2.21 bits per heavy atom. The van der Waals surface area contributed by atoms with Crippen molar-refractivity contribution in [3.8, 4) is 5.75 Å². The largest absolute Gasteiger partial charge is 0.460 e. The van der Waals surface area contributed by atoms with Crippen molar-refractivity contribution in [1.29, 1.82) is 0 Å². The van der Waals surface area contributed by atoms with Crippen molar-refractivity contribution in [2.75, 3.05) is 0 Å². The molecule has 0 amide bonds. The van der Waals surface area contributed by atoms with Crippen LogP contribution in [0.1, 0.15) is 18.9 Å². The minimum atomic E-state index is -1.30. The zero-order valence-electron chi connectivity index (χ0n) is 8.07. The number of carbonyl (C=O) groups excluding carboxylic acids is 1. The van der Waals surface area contributed by atoms with Crippen LogP contribution in [0.25, 0.3) is 0 Å². The Balaban J connectivity index is 2.78. The van der Waals surface area contributed by atoms with Crippen molar-refractivity contribution >= 4 is 6.29 Å². The van der Waals surface area contributed by atoms with Gasteiger partial charge in [-0.3, -0.25) is 0 Å². The Morgan fingerprint density at radius 1 is 1.50 bits per heavy atom. The van der Waals surface area contributed by atoms with Gasteiger partial charge in [-0.1, -0.05) is 25.1 Å². The number of halogens is 1. The Morgan fingerprint density at radius 3 is 2.86 bits per heavy atom. The highest BCUT2D eigenvalue weighted by Gasteiger charge is 2.07. The van der Waals surface area contributed by atoms with E-state index in [0.717, 1.165) is 11.8 Å². The standard InChI is InChI=1S/C11H13FO2/c1-2-11(12)14-10-6-4-3-5-9(10)7-8-13/h3-6,8,11H,2,7H2,1H3. The lowest BCUT2D eigenvalue weighted by Crippen LogP contribution is -2.09. The van der Waals surface area contributed by atoms with Crippen LogP contribution in [0.4, 0.5) is 4.39 Å². The fourth-order valence-electron chi connectivity index (χ4n) is 1.10. The van der Waals surface area contributed by atoms with Crippen LogP contribution in [0.2, 0.25) is 0 Å². The highest BCUT2D eigenvalue weighted by Crippen LogP contribution is 2.20. The Kier molecular flexibility index (Phi) is 4.11. The third-order valence-electron chi connectivity index (χ3n) is 1.85. The maximum Gasteiger partial charge on any atom is 0.238 e. The van der Waals surface area contributed by atoms with Gasteiger partial charge in [0.15, 0.2) is 0 Å². The molecular formula is C11H13FO2. The minimum absolute atomic E-state index is 0.257. The van der Waals surface area contributed by atoms with Gasteiger partial charge in [-0.2, -0.15) is 0 Å². The summed E-state index contributed by atoms with van der Waals surface area (Å²) < 4.78 is 17.9. The number of para-hydroxylation sites is 1. The number of benzene rings is 1. The second-order valence-corrected chi connectivity index (χ2v) is 2.91. The molecule has 0 aliphatic heterocycles. The first-order valence-electron chi connectivity index (χ1n) is 4.60. The normalized spacial score (nSPS) is 12.1. The molecule has 1 rings (SSSR count). The van der Waals surface area contributed by atoms with E-state index in [1.807, 2.05) is 0 Å². The fraction of sp³-hybridized carbons (Fsp3) is 0.364. The highest BCUT2D eigenvalue weighted by atomic mass is 19.1. The van der Waals surface area contributed by atoms with Gasteiger partial charge < -0.3 is 9.53 Å². The van der Waals surface area contributed by atoms with Gasteiger partial charge in [0.25, 0.3) is 0 Å². The zero-order chi connectivity index (χ0) is 10.4. The fourth-order valence-corrected chi connectivity index (χ4v) is 1.10. The molecule has 0 aliphatic rings. The van der Waals surface area contributed by atoms with Crippen molar-refractivity contribution in [2.45, 2.75) is 26.1 Å². The van der Waals surface area contributed by atoms with Crippen LogP contribution < -0.4 is 4.74 Å². The number of hydrogen-bond donors (Lipinski definition) is 0. The van der Waals surface area contributed by atoms with Crippen molar-refractivity contribution in [3.05, 3.63) is 29.8 Å². The summed E-state index contributed by atoms with van der Waals surface area (Å²) in [4.78, 5) is 10.3. The van der Waals surface area contributed by atoms with Crippen molar-refractivity contribution in [1.82, 2.24) is 0 Å². The van der Waals surface area contributed by atoms with Crippen LogP contribution in [0.3, 0.4) is 0 Å². The number of rotatable bonds is 5. The summed E-state index contributed by atoms with van der Waals surface area (Å²) in [6, 6.07) is 6.98. The molecular weight excluding hydrogens is 183 g/mol. The maximum absolute atomic E-state index is 12.9. The quantitative estimate of drug-likeness (QED) is 0.676. The predicted octanol–water partition coefficient (Wildman–Crippen LogP) is 2.51. The lowest BCUT2D eigenvalue weighted by molar-refractivity contribution is -0.107. The SMILES string of the molecule is CCC(F)Oc1ccccc1CC=O. The monoisotopic (exact) mass is 196 g/mol. The molecule has 0 aliphatic carbocycles. The topological polar surface area (TPSA) is 26.3 Å². The molecule has 1 atom stereocenters. The van der Waals surface area contributed by atoms with E-state index in [2.05, 4.69) is 0 Å². The Bertz CT molecular complexity index is 299. The summed E-state index contributed by atoms with van der Waals surface area (Å²) >= 11 is 0. The number of alkyl halides is 1. The Labute approximate surface area is 82.7 Å². The van der Waals surface area contributed by atoms with Crippen LogP contribution in [0.15, 0.2) is 24.3 Å². The molecule has 76 valence electrons. The minimum Gasteiger partial charge on any atom is -0.460 e. The first-order chi connectivity index (χ1) is 6.77. The third kappa shape index (κ3) is 2.83. The van der Waals surface area contributed by atoms with Crippen molar-refractivity contribution < 1.29 is 13.9 Å². The lowest BCUT2D eigenvalue weighted by Gasteiger charge is -2.11. The first-order valence-corrected chi connectivity index (χ1v) is 4.60. The van der Waals surface area contributed by atoms with Crippen molar-refractivity contribution in [2.24, 2.45) is 0 Å². The lowest BCUT2D eigenvalue weighted by atomic mass is 10.1. The number of aldehydes is 1. The van der Waals surface area contributed by atoms with Gasteiger partial charge >= 0.3 is 0 Å². The molecule has 0 aromatic heterocycles. The molecule has 0 radical (unpaired) electrons. The van der Waals surface area contributed by atoms with Gasteiger partial charge in [-0.05, 0) is 6.07 Å². The molecule has 0 fully saturated rings. The van der Waals surface area contributed by atoms with E-state index in [9.17, 15) is 9.18 Å². The summed E-state index contributed by atoms with van der Waals surface area (Å²) in [5, 5.41) is 0. The van der Waals surface area contributed by atoms with Gasteiger partial charge in [0.2, 0.25) is 6.36 Å². The maximum atomic E-state index is 12.9.